The molecule has 0 radical (unpaired) electrons. The summed E-state index contributed by atoms with van der Waals surface area (Å²) in [4.78, 5) is 18.6. The number of hydrogen-bond donors (Lipinski definition) is 1. The van der Waals surface area contributed by atoms with Crippen molar-refractivity contribution in [2.45, 2.75) is 39.3 Å². The zero-order valence-corrected chi connectivity index (χ0v) is 18.0. The Morgan fingerprint density at radius 1 is 1.28 bits per heavy atom. The van der Waals surface area contributed by atoms with Gasteiger partial charge in [-0.15, -0.1) is 0 Å². The van der Waals surface area contributed by atoms with E-state index in [1.54, 1.807) is 16.9 Å². The Morgan fingerprint density at radius 2 is 2.06 bits per heavy atom. The summed E-state index contributed by atoms with van der Waals surface area (Å²) >= 11 is 0. The third kappa shape index (κ3) is 3.91. The van der Waals surface area contributed by atoms with Gasteiger partial charge in [-0.3, -0.25) is 14.5 Å². The van der Waals surface area contributed by atoms with Crippen LogP contribution in [0.3, 0.4) is 0 Å². The molecular formula is C23H22F2N6O. The average Bonchev–Trinajstić information content (AvgIpc) is 3.22. The van der Waals surface area contributed by atoms with Crippen LogP contribution in [0, 0.1) is 29.9 Å². The third-order valence-electron chi connectivity index (χ3n) is 5.80. The van der Waals surface area contributed by atoms with Crippen LogP contribution in [0.5, 0.6) is 0 Å². The molecule has 0 aliphatic carbocycles. The number of amides is 1. The minimum atomic E-state index is -1.14. The predicted octanol–water partition coefficient (Wildman–Crippen LogP) is 3.35. The van der Waals surface area contributed by atoms with Crippen LogP contribution in [-0.4, -0.2) is 33.8 Å². The number of carbonyl (C=O) groups is 1. The van der Waals surface area contributed by atoms with Crippen LogP contribution in [0.4, 0.5) is 20.2 Å². The first-order valence-corrected chi connectivity index (χ1v) is 10.2. The van der Waals surface area contributed by atoms with E-state index in [1.807, 2.05) is 38.1 Å². The van der Waals surface area contributed by atoms with Crippen LogP contribution < -0.4 is 10.2 Å². The Balaban J connectivity index is 1.48. The molecule has 0 unspecified atom stereocenters. The molecule has 1 atom stereocenters. The number of aryl methyl sites for hydroxylation is 3. The second kappa shape index (κ2) is 8.38. The van der Waals surface area contributed by atoms with Crippen molar-refractivity contribution >= 4 is 17.3 Å². The summed E-state index contributed by atoms with van der Waals surface area (Å²) in [6, 6.07) is 5.86. The first-order chi connectivity index (χ1) is 15.3. The summed E-state index contributed by atoms with van der Waals surface area (Å²) in [7, 11) is 1.89. The number of hydrogen-bond acceptors (Lipinski definition) is 5. The molecule has 1 amide bonds. The van der Waals surface area contributed by atoms with Crippen LogP contribution in [-0.2, 0) is 24.2 Å². The third-order valence-corrected chi connectivity index (χ3v) is 5.80. The van der Waals surface area contributed by atoms with Crippen molar-refractivity contribution in [1.82, 2.24) is 14.8 Å². The SMILES string of the molecule is Cc1nc(CCc2cnn(Cc3ccc(F)c(F)c3C#N)c2)cc2c1NC(=O)[C@H](C)N2C. The molecule has 9 heteroatoms. The van der Waals surface area contributed by atoms with E-state index in [-0.39, 0.29) is 24.1 Å². The molecule has 1 aromatic carbocycles. The largest absolute Gasteiger partial charge is 0.361 e. The number of benzene rings is 1. The highest BCUT2D eigenvalue weighted by atomic mass is 19.2. The molecule has 0 bridgehead atoms. The zero-order valence-electron chi connectivity index (χ0n) is 18.0. The monoisotopic (exact) mass is 436 g/mol. The summed E-state index contributed by atoms with van der Waals surface area (Å²) in [5.41, 5.74) is 4.37. The quantitative estimate of drug-likeness (QED) is 0.663. The molecule has 1 aliphatic heterocycles. The Kier molecular flexibility index (Phi) is 5.61. The van der Waals surface area contributed by atoms with Crippen LogP contribution in [0.1, 0.15) is 35.0 Å². The van der Waals surface area contributed by atoms with Crippen molar-refractivity contribution in [3.05, 3.63) is 70.3 Å². The number of nitrogens with one attached hydrogen (secondary N) is 1. The van der Waals surface area contributed by atoms with Gasteiger partial charge in [-0.1, -0.05) is 6.07 Å². The lowest BCUT2D eigenvalue weighted by atomic mass is 10.1. The molecule has 0 fully saturated rings. The van der Waals surface area contributed by atoms with Crippen molar-refractivity contribution in [2.75, 3.05) is 17.3 Å². The molecule has 4 rings (SSSR count). The van der Waals surface area contributed by atoms with Gasteiger partial charge in [0.1, 0.15) is 12.1 Å². The first-order valence-electron chi connectivity index (χ1n) is 10.2. The van der Waals surface area contributed by atoms with Crippen molar-refractivity contribution in [1.29, 1.82) is 5.26 Å². The minimum absolute atomic E-state index is 0.0503. The summed E-state index contributed by atoms with van der Waals surface area (Å²) in [6.45, 7) is 3.89. The van der Waals surface area contributed by atoms with E-state index < -0.39 is 11.6 Å². The predicted molar refractivity (Wildman–Crippen MR) is 115 cm³/mol. The molecule has 1 N–H and O–H groups in total. The number of pyridine rings is 1. The topological polar surface area (TPSA) is 86.8 Å². The van der Waals surface area contributed by atoms with Gasteiger partial charge in [0.2, 0.25) is 5.91 Å². The Bertz CT molecular complexity index is 1250. The molecule has 164 valence electrons. The van der Waals surface area contributed by atoms with Gasteiger partial charge < -0.3 is 10.2 Å². The lowest BCUT2D eigenvalue weighted by Gasteiger charge is -2.34. The fraction of sp³-hybridized carbons (Fsp3) is 0.304. The van der Waals surface area contributed by atoms with Crippen LogP contribution in [0.15, 0.2) is 30.6 Å². The molecule has 0 saturated heterocycles. The standard InChI is InChI=1S/C23H22F2N6O/c1-13-22-20(30(3)14(2)23(32)29-22)8-17(28-13)6-4-15-10-27-31(11-15)12-16-5-7-19(24)21(25)18(16)9-26/h5,7-8,10-11,14H,4,6,12H2,1-3H3,(H,29,32)/t14-/m0/s1. The maximum absolute atomic E-state index is 13.8. The highest BCUT2D eigenvalue weighted by Crippen LogP contribution is 2.33. The van der Waals surface area contributed by atoms with Crippen LogP contribution in [0.25, 0.3) is 0 Å². The number of likely N-dealkylation sites (N-methyl/N-ethyl adjacent to an activating group) is 1. The number of nitriles is 1. The van der Waals surface area contributed by atoms with Crippen molar-refractivity contribution in [3.8, 4) is 6.07 Å². The van der Waals surface area contributed by atoms with Crippen LogP contribution in [0.2, 0.25) is 0 Å². The Morgan fingerprint density at radius 3 is 2.81 bits per heavy atom. The molecule has 1 aliphatic rings. The summed E-state index contributed by atoms with van der Waals surface area (Å²) in [5, 5.41) is 16.4. The lowest BCUT2D eigenvalue weighted by Crippen LogP contribution is -2.44. The van der Waals surface area contributed by atoms with Gasteiger partial charge >= 0.3 is 0 Å². The molecule has 3 aromatic rings. The van der Waals surface area contributed by atoms with Gasteiger partial charge in [-0.2, -0.15) is 10.4 Å². The number of carbonyl (C=O) groups excluding carboxylic acids is 1. The smallest absolute Gasteiger partial charge is 0.246 e. The fourth-order valence-electron chi connectivity index (χ4n) is 3.80. The van der Waals surface area contributed by atoms with Gasteiger partial charge in [0, 0.05) is 18.9 Å². The van der Waals surface area contributed by atoms with Crippen molar-refractivity contribution in [3.63, 3.8) is 0 Å². The summed E-state index contributed by atoms with van der Waals surface area (Å²) in [5.74, 6) is -2.23. The zero-order chi connectivity index (χ0) is 23.0. The normalized spacial score (nSPS) is 15.3. The first kappa shape index (κ1) is 21.4. The molecular weight excluding hydrogens is 414 g/mol. The summed E-state index contributed by atoms with van der Waals surface area (Å²) < 4.78 is 28.8. The molecule has 7 nitrogen and oxygen atoms in total. The van der Waals surface area contributed by atoms with E-state index >= 15 is 0 Å². The van der Waals surface area contributed by atoms with Gasteiger partial charge in [-0.05, 0) is 49.9 Å². The molecule has 32 heavy (non-hydrogen) atoms. The number of rotatable bonds is 5. The second-order valence-corrected chi connectivity index (χ2v) is 7.92. The fourth-order valence-corrected chi connectivity index (χ4v) is 3.80. The minimum Gasteiger partial charge on any atom is -0.361 e. The van der Waals surface area contributed by atoms with E-state index in [4.69, 9.17) is 5.26 Å². The lowest BCUT2D eigenvalue weighted by molar-refractivity contribution is -0.117. The Hall–Kier alpha value is -3.80. The molecule has 3 heterocycles. The maximum atomic E-state index is 13.8. The van der Waals surface area contributed by atoms with E-state index in [9.17, 15) is 13.6 Å². The maximum Gasteiger partial charge on any atom is 0.246 e. The Labute approximate surface area is 184 Å². The number of aromatic nitrogens is 3. The van der Waals surface area contributed by atoms with Gasteiger partial charge in [0.25, 0.3) is 0 Å². The second-order valence-electron chi connectivity index (χ2n) is 7.92. The number of nitrogens with zero attached hydrogens (tertiary/aromatic N) is 5. The highest BCUT2D eigenvalue weighted by Gasteiger charge is 2.28. The van der Waals surface area contributed by atoms with Gasteiger partial charge in [-0.25, -0.2) is 8.78 Å². The van der Waals surface area contributed by atoms with E-state index in [1.165, 1.54) is 6.07 Å². The number of halogens is 2. The number of anilines is 2. The number of fused-ring (bicyclic) bond motifs is 1. The highest BCUT2D eigenvalue weighted by molar-refractivity contribution is 6.03. The van der Waals surface area contributed by atoms with E-state index in [0.29, 0.717) is 18.4 Å². The molecule has 0 spiro atoms. The molecule has 0 saturated carbocycles. The van der Waals surface area contributed by atoms with Gasteiger partial charge in [0.05, 0.1) is 35.4 Å². The van der Waals surface area contributed by atoms with E-state index in [0.717, 1.165) is 34.4 Å². The van der Waals surface area contributed by atoms with Crippen molar-refractivity contribution in [2.24, 2.45) is 0 Å². The average molecular weight is 436 g/mol. The van der Waals surface area contributed by atoms with Crippen LogP contribution >= 0.6 is 0 Å². The van der Waals surface area contributed by atoms with Crippen molar-refractivity contribution < 1.29 is 13.6 Å². The van der Waals surface area contributed by atoms with E-state index in [2.05, 4.69) is 15.4 Å². The summed E-state index contributed by atoms with van der Waals surface area (Å²) in [6.07, 6.45) is 4.89. The van der Waals surface area contributed by atoms with Gasteiger partial charge in [0.15, 0.2) is 11.6 Å². The molecule has 2 aromatic heterocycles.